The molecule has 0 aliphatic rings. The van der Waals surface area contributed by atoms with Gasteiger partial charge in [0.15, 0.2) is 18.1 Å². The number of methoxy groups -OCH3 is 1. The first-order chi connectivity index (χ1) is 15.9. The van der Waals surface area contributed by atoms with Gasteiger partial charge < -0.3 is 25.0 Å². The number of ether oxygens (including phenoxy) is 2. The van der Waals surface area contributed by atoms with E-state index in [2.05, 4.69) is 15.8 Å². The number of para-hydroxylation sites is 2. The number of nitrogens with zero attached hydrogens (tertiary/aromatic N) is 1. The van der Waals surface area contributed by atoms with E-state index in [0.717, 1.165) is 0 Å². The zero-order chi connectivity index (χ0) is 23.8. The molecule has 0 unspecified atom stereocenters. The van der Waals surface area contributed by atoms with Crippen LogP contribution in [0.1, 0.15) is 15.9 Å². The van der Waals surface area contributed by atoms with E-state index in [4.69, 9.17) is 21.1 Å². The highest BCUT2D eigenvalue weighted by Gasteiger charge is 2.14. The van der Waals surface area contributed by atoms with E-state index in [1.807, 2.05) is 0 Å². The molecule has 3 aromatic carbocycles. The number of aromatic hydroxyl groups is 2. The number of carbonyl (C=O) groups excluding carboxylic acids is 2. The van der Waals surface area contributed by atoms with E-state index in [0.29, 0.717) is 16.5 Å². The van der Waals surface area contributed by atoms with Crippen LogP contribution in [0, 0.1) is 0 Å². The van der Waals surface area contributed by atoms with Crippen molar-refractivity contribution in [2.75, 3.05) is 19.0 Å². The van der Waals surface area contributed by atoms with Gasteiger partial charge in [-0.2, -0.15) is 5.10 Å². The minimum atomic E-state index is -0.596. The van der Waals surface area contributed by atoms with Crippen LogP contribution in [-0.4, -0.2) is 42.0 Å². The summed E-state index contributed by atoms with van der Waals surface area (Å²) in [5, 5.41) is 26.2. The average molecular weight is 470 g/mol. The Morgan fingerprint density at radius 1 is 1.06 bits per heavy atom. The zero-order valence-corrected chi connectivity index (χ0v) is 18.2. The van der Waals surface area contributed by atoms with Gasteiger partial charge in [0.25, 0.3) is 11.8 Å². The molecule has 0 bridgehead atoms. The molecular weight excluding hydrogens is 450 g/mol. The van der Waals surface area contributed by atoms with E-state index in [1.165, 1.54) is 43.7 Å². The fourth-order valence-electron chi connectivity index (χ4n) is 2.75. The van der Waals surface area contributed by atoms with Crippen molar-refractivity contribution >= 4 is 35.3 Å². The first-order valence-electron chi connectivity index (χ1n) is 9.58. The molecule has 0 radical (unpaired) electrons. The van der Waals surface area contributed by atoms with E-state index in [-0.39, 0.29) is 35.0 Å². The van der Waals surface area contributed by atoms with Gasteiger partial charge in [0, 0.05) is 16.7 Å². The molecular formula is C23H20ClN3O6. The van der Waals surface area contributed by atoms with Crippen LogP contribution in [0.15, 0.2) is 65.8 Å². The molecule has 0 atom stereocenters. The first-order valence-corrected chi connectivity index (χ1v) is 9.96. The minimum Gasteiger partial charge on any atom is -0.504 e. The Labute approximate surface area is 194 Å². The molecule has 3 aromatic rings. The molecule has 0 heterocycles. The summed E-state index contributed by atoms with van der Waals surface area (Å²) in [6.07, 6.45) is 1.18. The smallest absolute Gasteiger partial charge is 0.275 e. The fraction of sp³-hybridized carbons (Fsp3) is 0.0870. The van der Waals surface area contributed by atoms with Crippen LogP contribution in [-0.2, 0) is 4.79 Å². The molecule has 4 N–H and O–H groups in total. The predicted octanol–water partition coefficient (Wildman–Crippen LogP) is 3.54. The largest absolute Gasteiger partial charge is 0.504 e. The van der Waals surface area contributed by atoms with Crippen LogP contribution in [0.4, 0.5) is 5.69 Å². The highest BCUT2D eigenvalue weighted by Crippen LogP contribution is 2.28. The van der Waals surface area contributed by atoms with Crippen LogP contribution < -0.4 is 20.2 Å². The van der Waals surface area contributed by atoms with E-state index in [9.17, 15) is 19.8 Å². The number of hydrazone groups is 1. The van der Waals surface area contributed by atoms with Gasteiger partial charge in [0.2, 0.25) is 0 Å². The zero-order valence-electron chi connectivity index (χ0n) is 17.4. The number of rotatable bonds is 8. The maximum absolute atomic E-state index is 12.5. The third-order valence-electron chi connectivity index (χ3n) is 4.34. The van der Waals surface area contributed by atoms with Gasteiger partial charge in [-0.1, -0.05) is 29.8 Å². The number of carbonyl (C=O) groups is 2. The Balaban J connectivity index is 1.63. The molecule has 2 amide bonds. The molecule has 0 aromatic heterocycles. The van der Waals surface area contributed by atoms with Gasteiger partial charge in [-0.15, -0.1) is 0 Å². The fourth-order valence-corrected chi connectivity index (χ4v) is 2.91. The normalized spacial score (nSPS) is 10.6. The van der Waals surface area contributed by atoms with Crippen LogP contribution in [0.5, 0.6) is 23.0 Å². The van der Waals surface area contributed by atoms with Crippen molar-refractivity contribution in [3.05, 3.63) is 76.8 Å². The Morgan fingerprint density at radius 2 is 1.85 bits per heavy atom. The number of benzene rings is 3. The summed E-state index contributed by atoms with van der Waals surface area (Å²) >= 11 is 5.92. The van der Waals surface area contributed by atoms with Gasteiger partial charge in [0.05, 0.1) is 24.6 Å². The van der Waals surface area contributed by atoms with Gasteiger partial charge in [0.1, 0.15) is 11.5 Å². The summed E-state index contributed by atoms with van der Waals surface area (Å²) in [5.74, 6) is -1.17. The van der Waals surface area contributed by atoms with Gasteiger partial charge in [-0.05, 0) is 36.4 Å². The van der Waals surface area contributed by atoms with Gasteiger partial charge in [-0.3, -0.25) is 9.59 Å². The Morgan fingerprint density at radius 3 is 2.64 bits per heavy atom. The first kappa shape index (κ1) is 23.4. The number of phenolic OH excluding ortho intramolecular Hbond substituents is 2. The second-order valence-corrected chi connectivity index (χ2v) is 7.03. The van der Waals surface area contributed by atoms with Crippen molar-refractivity contribution < 1.29 is 29.3 Å². The predicted molar refractivity (Wildman–Crippen MR) is 123 cm³/mol. The maximum Gasteiger partial charge on any atom is 0.275 e. The summed E-state index contributed by atoms with van der Waals surface area (Å²) in [7, 11) is 1.46. The molecule has 33 heavy (non-hydrogen) atoms. The number of halogens is 1. The molecule has 170 valence electrons. The molecule has 0 aliphatic heterocycles. The van der Waals surface area contributed by atoms with Crippen LogP contribution in [0.2, 0.25) is 5.02 Å². The van der Waals surface area contributed by atoms with Crippen LogP contribution in [0.25, 0.3) is 0 Å². The highest BCUT2D eigenvalue weighted by atomic mass is 35.5. The quantitative estimate of drug-likeness (QED) is 0.227. The summed E-state index contributed by atoms with van der Waals surface area (Å²) in [6.45, 7) is -0.365. The molecule has 10 heteroatoms. The topological polar surface area (TPSA) is 129 Å². The minimum absolute atomic E-state index is 0.145. The number of nitrogens with one attached hydrogen (secondary N) is 2. The van der Waals surface area contributed by atoms with E-state index in [1.54, 1.807) is 30.3 Å². The number of amides is 2. The van der Waals surface area contributed by atoms with Crippen molar-refractivity contribution in [3.63, 3.8) is 0 Å². The van der Waals surface area contributed by atoms with E-state index >= 15 is 0 Å². The van der Waals surface area contributed by atoms with Crippen molar-refractivity contribution in [1.82, 2.24) is 5.43 Å². The monoisotopic (exact) mass is 469 g/mol. The van der Waals surface area contributed by atoms with Crippen molar-refractivity contribution in [2.24, 2.45) is 5.10 Å². The lowest BCUT2D eigenvalue weighted by atomic mass is 10.2. The Bertz CT molecular complexity index is 1200. The molecule has 3 rings (SSSR count). The second-order valence-electron chi connectivity index (χ2n) is 6.59. The SMILES string of the molecule is COc1cc(Cl)ccc1NC(=O)COc1ccccc1C(=O)N/N=C/c1cccc(O)c1O. The van der Waals surface area contributed by atoms with Crippen molar-refractivity contribution in [1.29, 1.82) is 0 Å². The Kier molecular flexibility index (Phi) is 7.72. The van der Waals surface area contributed by atoms with Crippen LogP contribution >= 0.6 is 11.6 Å². The summed E-state index contributed by atoms with van der Waals surface area (Å²) in [5.41, 5.74) is 3.09. The third-order valence-corrected chi connectivity index (χ3v) is 4.58. The second kappa shape index (κ2) is 10.9. The molecule has 0 aliphatic carbocycles. The lowest BCUT2D eigenvalue weighted by molar-refractivity contribution is -0.118. The molecule has 0 fully saturated rings. The molecule has 9 nitrogen and oxygen atoms in total. The molecule has 0 saturated heterocycles. The number of hydrogen-bond donors (Lipinski definition) is 4. The third kappa shape index (κ3) is 6.14. The van der Waals surface area contributed by atoms with Crippen molar-refractivity contribution in [3.8, 4) is 23.0 Å². The highest BCUT2D eigenvalue weighted by molar-refractivity contribution is 6.30. The lowest BCUT2D eigenvalue weighted by Gasteiger charge is -2.12. The number of hydrogen-bond acceptors (Lipinski definition) is 7. The van der Waals surface area contributed by atoms with Crippen LogP contribution in [0.3, 0.4) is 0 Å². The standard InChI is InChI=1S/C23H20ClN3O6/c1-32-20-11-15(24)9-10-17(20)26-21(29)13-33-19-8-3-2-6-16(19)23(31)27-25-12-14-5-4-7-18(28)22(14)30/h2-12,28,30H,13H2,1H3,(H,26,29)(H,27,31)/b25-12+. The molecule has 0 saturated carbocycles. The Hall–Kier alpha value is -4.24. The molecule has 0 spiro atoms. The van der Waals surface area contributed by atoms with E-state index < -0.39 is 11.8 Å². The number of phenols is 2. The summed E-state index contributed by atoms with van der Waals surface area (Å²) in [6, 6.07) is 15.4. The summed E-state index contributed by atoms with van der Waals surface area (Å²) in [4.78, 5) is 24.8. The summed E-state index contributed by atoms with van der Waals surface area (Å²) < 4.78 is 10.7. The number of anilines is 1. The van der Waals surface area contributed by atoms with Crippen molar-refractivity contribution in [2.45, 2.75) is 0 Å². The maximum atomic E-state index is 12.5. The van der Waals surface area contributed by atoms with Gasteiger partial charge in [-0.25, -0.2) is 5.43 Å². The average Bonchev–Trinajstić information content (AvgIpc) is 2.81. The van der Waals surface area contributed by atoms with Gasteiger partial charge >= 0.3 is 0 Å². The lowest BCUT2D eigenvalue weighted by Crippen LogP contribution is -2.23.